The van der Waals surface area contributed by atoms with Gasteiger partial charge in [-0.2, -0.15) is 0 Å². The highest BCUT2D eigenvalue weighted by Crippen LogP contribution is 2.19. The zero-order chi connectivity index (χ0) is 11.7. The molecule has 1 saturated heterocycles. The summed E-state index contributed by atoms with van der Waals surface area (Å²) in [4.78, 5) is 17.9. The molecule has 1 aliphatic rings. The molecule has 1 aromatic rings. The number of piperidine rings is 1. The lowest BCUT2D eigenvalue weighted by molar-refractivity contribution is -0.123. The van der Waals surface area contributed by atoms with Crippen LogP contribution in [0.15, 0.2) is 15.6 Å². The summed E-state index contributed by atoms with van der Waals surface area (Å²) in [5.74, 6) is 1.10. The van der Waals surface area contributed by atoms with Gasteiger partial charge in [0.25, 0.3) is 5.91 Å². The van der Waals surface area contributed by atoms with Crippen LogP contribution in [0.5, 0.6) is 0 Å². The molecule has 0 radical (unpaired) electrons. The zero-order valence-electron chi connectivity index (χ0n) is 9.11. The van der Waals surface area contributed by atoms with E-state index in [1.165, 1.54) is 0 Å². The van der Waals surface area contributed by atoms with Gasteiger partial charge in [-0.05, 0) is 6.92 Å². The third-order valence-corrected chi connectivity index (χ3v) is 2.96. The Kier molecular flexibility index (Phi) is 3.09. The van der Waals surface area contributed by atoms with Crippen molar-refractivity contribution in [3.63, 3.8) is 0 Å². The molecule has 1 aromatic heterocycles. The van der Waals surface area contributed by atoms with E-state index in [-0.39, 0.29) is 10.7 Å². The Bertz CT molecular complexity index is 441. The highest BCUT2D eigenvalue weighted by Gasteiger charge is 2.27. The fraction of sp³-hybridized carbons (Fsp3) is 0.500. The first kappa shape index (κ1) is 11.3. The third kappa shape index (κ3) is 2.32. The number of aromatic nitrogens is 1. The molecule has 1 aliphatic heterocycles. The number of halogens is 1. The van der Waals surface area contributed by atoms with Gasteiger partial charge in [-0.25, -0.2) is 4.99 Å². The van der Waals surface area contributed by atoms with Gasteiger partial charge in [0.2, 0.25) is 0 Å². The Hall–Kier alpha value is -1.17. The van der Waals surface area contributed by atoms with Gasteiger partial charge < -0.3 is 9.42 Å². The molecule has 86 valence electrons. The molecule has 16 heavy (non-hydrogen) atoms. The third-order valence-electron chi connectivity index (χ3n) is 2.35. The van der Waals surface area contributed by atoms with Crippen molar-refractivity contribution >= 4 is 33.4 Å². The van der Waals surface area contributed by atoms with Crippen LogP contribution in [0.2, 0.25) is 0 Å². The maximum Gasteiger partial charge on any atom is 0.268 e. The normalized spacial score (nSPS) is 24.2. The van der Waals surface area contributed by atoms with E-state index in [0.717, 1.165) is 0 Å². The Labute approximate surface area is 102 Å². The molecule has 6 heteroatoms. The summed E-state index contributed by atoms with van der Waals surface area (Å²) in [6.07, 6.45) is 0.620. The van der Waals surface area contributed by atoms with Crippen LogP contribution >= 0.6 is 15.9 Å². The van der Waals surface area contributed by atoms with Crippen molar-refractivity contribution in [2.75, 3.05) is 13.6 Å². The average Bonchev–Trinajstić information content (AvgIpc) is 2.60. The number of alkyl halides is 1. The topological polar surface area (TPSA) is 58.7 Å². The van der Waals surface area contributed by atoms with E-state index in [4.69, 9.17) is 4.52 Å². The summed E-state index contributed by atoms with van der Waals surface area (Å²) >= 11 is 3.50. The molecule has 0 spiro atoms. The second-order valence-electron chi connectivity index (χ2n) is 3.84. The molecule has 2 heterocycles. The quantitative estimate of drug-likeness (QED) is 0.738. The largest absolute Gasteiger partial charge is 0.359 e. The lowest BCUT2D eigenvalue weighted by Crippen LogP contribution is -2.43. The fourth-order valence-corrected chi connectivity index (χ4v) is 2.34. The van der Waals surface area contributed by atoms with Crippen molar-refractivity contribution < 1.29 is 9.32 Å². The van der Waals surface area contributed by atoms with Crippen LogP contribution in [0.4, 0.5) is 5.82 Å². The first-order valence-corrected chi connectivity index (χ1v) is 5.88. The summed E-state index contributed by atoms with van der Waals surface area (Å²) in [5, 5.41) is 3.75. The SMILES string of the molecule is Cc1cc(N=C2CC(Br)CN(C)C2=O)no1. The highest BCUT2D eigenvalue weighted by atomic mass is 79.9. The van der Waals surface area contributed by atoms with Gasteiger partial charge >= 0.3 is 0 Å². The van der Waals surface area contributed by atoms with E-state index in [9.17, 15) is 4.79 Å². The molecule has 0 bridgehead atoms. The molecule has 1 atom stereocenters. The van der Waals surface area contributed by atoms with Crippen LogP contribution in [0, 0.1) is 6.92 Å². The molecule has 5 nitrogen and oxygen atoms in total. The van der Waals surface area contributed by atoms with Crippen molar-refractivity contribution in [1.82, 2.24) is 10.1 Å². The van der Waals surface area contributed by atoms with Crippen molar-refractivity contribution in [3.05, 3.63) is 11.8 Å². The van der Waals surface area contributed by atoms with Gasteiger partial charge in [-0.3, -0.25) is 4.79 Å². The predicted molar refractivity (Wildman–Crippen MR) is 63.3 cm³/mol. The van der Waals surface area contributed by atoms with E-state index >= 15 is 0 Å². The molecular formula is C10H12BrN3O2. The molecule has 1 unspecified atom stereocenters. The highest BCUT2D eigenvalue weighted by molar-refractivity contribution is 9.09. The van der Waals surface area contributed by atoms with Crippen molar-refractivity contribution in [3.8, 4) is 0 Å². The molecule has 2 rings (SSSR count). The Morgan fingerprint density at radius 3 is 3.06 bits per heavy atom. The minimum atomic E-state index is -0.0450. The summed E-state index contributed by atoms with van der Waals surface area (Å²) in [6.45, 7) is 2.49. The molecule has 1 amide bonds. The number of carbonyl (C=O) groups is 1. The Morgan fingerprint density at radius 2 is 2.44 bits per heavy atom. The number of nitrogens with zero attached hydrogens (tertiary/aromatic N) is 3. The monoisotopic (exact) mass is 285 g/mol. The Morgan fingerprint density at radius 1 is 1.69 bits per heavy atom. The van der Waals surface area contributed by atoms with Crippen LogP contribution in [0.3, 0.4) is 0 Å². The summed E-state index contributed by atoms with van der Waals surface area (Å²) in [6, 6.07) is 1.71. The van der Waals surface area contributed by atoms with E-state index in [1.807, 2.05) is 0 Å². The van der Waals surface area contributed by atoms with E-state index in [2.05, 4.69) is 26.1 Å². The van der Waals surface area contributed by atoms with Gasteiger partial charge in [0.1, 0.15) is 11.5 Å². The van der Waals surface area contributed by atoms with Gasteiger partial charge in [0, 0.05) is 30.9 Å². The maximum absolute atomic E-state index is 11.8. The van der Waals surface area contributed by atoms with Crippen LogP contribution in [0.25, 0.3) is 0 Å². The first-order chi connectivity index (χ1) is 7.56. The molecular weight excluding hydrogens is 274 g/mol. The number of aliphatic imine (C=N–C) groups is 1. The standard InChI is InChI=1S/C10H12BrN3O2/c1-6-3-9(13-16-6)12-8-4-7(11)5-14(2)10(8)15/h3,7H,4-5H2,1-2H3. The molecule has 0 N–H and O–H groups in total. The van der Waals surface area contributed by atoms with Crippen LogP contribution in [-0.2, 0) is 4.79 Å². The van der Waals surface area contributed by atoms with Crippen molar-refractivity contribution in [2.24, 2.45) is 4.99 Å². The number of rotatable bonds is 1. The Balaban J connectivity index is 2.25. The maximum atomic E-state index is 11.8. The van der Waals surface area contributed by atoms with E-state index < -0.39 is 0 Å². The molecule has 1 fully saturated rings. The second-order valence-corrected chi connectivity index (χ2v) is 5.14. The van der Waals surface area contributed by atoms with Crippen molar-refractivity contribution in [1.29, 1.82) is 0 Å². The first-order valence-electron chi connectivity index (χ1n) is 4.96. The van der Waals surface area contributed by atoms with Crippen LogP contribution < -0.4 is 0 Å². The van der Waals surface area contributed by atoms with Gasteiger partial charge in [0.15, 0.2) is 5.82 Å². The molecule has 0 aromatic carbocycles. The van der Waals surface area contributed by atoms with Gasteiger partial charge in [0.05, 0.1) is 0 Å². The van der Waals surface area contributed by atoms with Gasteiger partial charge in [-0.1, -0.05) is 21.1 Å². The average molecular weight is 286 g/mol. The number of carbonyl (C=O) groups excluding carboxylic acids is 1. The minimum absolute atomic E-state index is 0.0450. The summed E-state index contributed by atoms with van der Waals surface area (Å²) in [5.41, 5.74) is 0.518. The van der Waals surface area contributed by atoms with E-state index in [0.29, 0.717) is 30.3 Å². The molecule has 0 aliphatic carbocycles. The number of aryl methyl sites for hydroxylation is 1. The second kappa shape index (κ2) is 4.37. The number of likely N-dealkylation sites (tertiary alicyclic amines) is 1. The van der Waals surface area contributed by atoms with Crippen LogP contribution in [-0.4, -0.2) is 40.1 Å². The number of hydrogen-bond donors (Lipinski definition) is 0. The predicted octanol–water partition coefficient (Wildman–Crippen LogP) is 1.68. The van der Waals surface area contributed by atoms with Crippen LogP contribution in [0.1, 0.15) is 12.2 Å². The molecule has 0 saturated carbocycles. The smallest absolute Gasteiger partial charge is 0.268 e. The summed E-state index contributed by atoms with van der Waals surface area (Å²) < 4.78 is 4.90. The van der Waals surface area contributed by atoms with E-state index in [1.54, 1.807) is 24.9 Å². The number of hydrogen-bond acceptors (Lipinski definition) is 4. The minimum Gasteiger partial charge on any atom is -0.359 e. The lowest BCUT2D eigenvalue weighted by Gasteiger charge is -2.26. The number of amides is 1. The van der Waals surface area contributed by atoms with Gasteiger partial charge in [-0.15, -0.1) is 0 Å². The fourth-order valence-electron chi connectivity index (χ4n) is 1.60. The summed E-state index contributed by atoms with van der Waals surface area (Å²) in [7, 11) is 1.76. The lowest BCUT2D eigenvalue weighted by atomic mass is 10.1. The zero-order valence-corrected chi connectivity index (χ0v) is 10.7. The van der Waals surface area contributed by atoms with Crippen molar-refractivity contribution in [2.45, 2.75) is 18.2 Å².